The van der Waals surface area contributed by atoms with Gasteiger partial charge in [-0.2, -0.15) is 13.2 Å². The Morgan fingerprint density at radius 2 is 1.84 bits per heavy atom. The Hall–Kier alpha value is -1.93. The van der Waals surface area contributed by atoms with E-state index in [2.05, 4.69) is 4.98 Å². The molecule has 1 unspecified atom stereocenters. The maximum absolute atomic E-state index is 13.6. The highest BCUT2D eigenvalue weighted by atomic mass is 28.3. The molecule has 0 aliphatic carbocycles. The van der Waals surface area contributed by atoms with E-state index >= 15 is 0 Å². The fourth-order valence-corrected chi connectivity index (χ4v) is 3.71. The fourth-order valence-electron chi connectivity index (χ4n) is 2.60. The number of benzene rings is 1. The Labute approximate surface area is 144 Å². The van der Waals surface area contributed by atoms with E-state index < -0.39 is 32.2 Å². The summed E-state index contributed by atoms with van der Waals surface area (Å²) in [5.41, 5.74) is -3.24. The number of alkyl halides is 3. The summed E-state index contributed by atoms with van der Waals surface area (Å²) in [7, 11) is -1.81. The number of nitrogens with zero attached hydrogens (tertiary/aromatic N) is 1. The van der Waals surface area contributed by atoms with Crippen LogP contribution in [0, 0.1) is 0 Å². The monoisotopic (exact) mass is 371 g/mol. The minimum Gasteiger partial charge on any atom is -0.478 e. The molecule has 0 amide bonds. The predicted molar refractivity (Wildman–Crippen MR) is 91.4 cm³/mol. The average Bonchev–Trinajstić information content (AvgIpc) is 2.49. The molecule has 2 N–H and O–H groups in total. The van der Waals surface area contributed by atoms with Gasteiger partial charge in [-0.05, 0) is 24.1 Å². The molecule has 25 heavy (non-hydrogen) atoms. The number of rotatable bonds is 5. The molecule has 1 aromatic carbocycles. The molecule has 8 heteroatoms. The second-order valence-corrected chi connectivity index (χ2v) is 12.9. The number of halogens is 3. The van der Waals surface area contributed by atoms with Gasteiger partial charge in [0.1, 0.15) is 0 Å². The molecule has 0 bridgehead atoms. The van der Waals surface area contributed by atoms with Gasteiger partial charge < -0.3 is 10.2 Å². The lowest BCUT2D eigenvalue weighted by Crippen LogP contribution is -2.43. The zero-order chi connectivity index (χ0) is 19.0. The van der Waals surface area contributed by atoms with Crippen LogP contribution in [0.3, 0.4) is 0 Å². The normalized spacial score (nSPS) is 15.2. The standard InChI is InChI=1S/C17H20F3NO3Si/c1-25(2,3)9-7-16(24,17(18,19)20)11-4-5-12-13(15(22)23)6-8-21-14(12)10-11/h4-6,8,10,24H,7,9H2,1-3H3,(H,22,23). The molecule has 136 valence electrons. The summed E-state index contributed by atoms with van der Waals surface area (Å²) in [6.07, 6.45) is -4.05. The molecule has 1 heterocycles. The average molecular weight is 371 g/mol. The van der Waals surface area contributed by atoms with Gasteiger partial charge in [0.15, 0.2) is 5.60 Å². The van der Waals surface area contributed by atoms with E-state index in [-0.39, 0.29) is 22.0 Å². The lowest BCUT2D eigenvalue weighted by atomic mass is 9.89. The van der Waals surface area contributed by atoms with Crippen molar-refractivity contribution >= 4 is 24.9 Å². The minimum absolute atomic E-state index is 0.0470. The third-order valence-electron chi connectivity index (χ3n) is 4.16. The Morgan fingerprint density at radius 1 is 1.20 bits per heavy atom. The third kappa shape index (κ3) is 4.01. The number of aromatic nitrogens is 1. The summed E-state index contributed by atoms with van der Waals surface area (Å²) in [6, 6.07) is 5.11. The fraction of sp³-hybridized carbons (Fsp3) is 0.412. The first-order valence-corrected chi connectivity index (χ1v) is 11.5. The molecule has 2 aromatic rings. The SMILES string of the molecule is C[Si](C)(C)CCC(O)(c1ccc2c(C(=O)O)ccnc2c1)C(F)(F)F. The first kappa shape index (κ1) is 19.4. The Bertz CT molecular complexity index is 802. The summed E-state index contributed by atoms with van der Waals surface area (Å²) in [6.45, 7) is 5.81. The maximum atomic E-state index is 13.6. The van der Waals surface area contributed by atoms with Crippen LogP contribution in [0.15, 0.2) is 30.5 Å². The van der Waals surface area contributed by atoms with Crippen LogP contribution in [-0.4, -0.2) is 35.4 Å². The number of hydrogen-bond donors (Lipinski definition) is 2. The number of fused-ring (bicyclic) bond motifs is 1. The summed E-state index contributed by atoms with van der Waals surface area (Å²) in [5, 5.41) is 19.9. The van der Waals surface area contributed by atoms with Crippen molar-refractivity contribution in [3.05, 3.63) is 41.6 Å². The third-order valence-corrected chi connectivity index (χ3v) is 5.91. The number of aliphatic hydroxyl groups is 1. The lowest BCUT2D eigenvalue weighted by Gasteiger charge is -2.33. The van der Waals surface area contributed by atoms with Crippen molar-refractivity contribution in [1.29, 1.82) is 0 Å². The molecule has 1 aromatic heterocycles. The Morgan fingerprint density at radius 3 is 2.36 bits per heavy atom. The summed E-state index contributed by atoms with van der Waals surface area (Å²) in [4.78, 5) is 15.2. The van der Waals surface area contributed by atoms with E-state index in [4.69, 9.17) is 5.11 Å². The van der Waals surface area contributed by atoms with Gasteiger partial charge in [0.25, 0.3) is 0 Å². The van der Waals surface area contributed by atoms with Crippen LogP contribution in [0.5, 0.6) is 0 Å². The predicted octanol–water partition coefficient (Wildman–Crippen LogP) is 4.41. The zero-order valence-electron chi connectivity index (χ0n) is 14.2. The van der Waals surface area contributed by atoms with Crippen LogP contribution >= 0.6 is 0 Å². The van der Waals surface area contributed by atoms with Gasteiger partial charge in [0.05, 0.1) is 11.1 Å². The van der Waals surface area contributed by atoms with Gasteiger partial charge in [-0.1, -0.05) is 37.8 Å². The molecule has 0 spiro atoms. The number of carboxylic acid groups (broad SMARTS) is 1. The van der Waals surface area contributed by atoms with Crippen LogP contribution < -0.4 is 0 Å². The Kier molecular flexibility index (Phi) is 4.98. The zero-order valence-corrected chi connectivity index (χ0v) is 15.2. The second kappa shape index (κ2) is 6.42. The van der Waals surface area contributed by atoms with Gasteiger partial charge in [-0.15, -0.1) is 0 Å². The van der Waals surface area contributed by atoms with Crippen LogP contribution in [0.25, 0.3) is 10.9 Å². The smallest absolute Gasteiger partial charge is 0.421 e. The van der Waals surface area contributed by atoms with Crippen molar-refractivity contribution in [3.8, 4) is 0 Å². The van der Waals surface area contributed by atoms with Gasteiger partial charge >= 0.3 is 12.1 Å². The first-order chi connectivity index (χ1) is 11.3. The molecule has 2 rings (SSSR count). The highest BCUT2D eigenvalue weighted by molar-refractivity contribution is 6.76. The molecule has 0 saturated carbocycles. The second-order valence-electron chi connectivity index (χ2n) is 7.31. The molecule has 0 aliphatic rings. The van der Waals surface area contributed by atoms with Crippen molar-refractivity contribution in [2.75, 3.05) is 0 Å². The van der Waals surface area contributed by atoms with Crippen molar-refractivity contribution in [2.24, 2.45) is 0 Å². The van der Waals surface area contributed by atoms with E-state index in [0.29, 0.717) is 6.04 Å². The summed E-state index contributed by atoms with van der Waals surface area (Å²) < 4.78 is 40.9. The highest BCUT2D eigenvalue weighted by Gasteiger charge is 2.54. The number of carbonyl (C=O) groups is 1. The van der Waals surface area contributed by atoms with Crippen molar-refractivity contribution in [2.45, 2.75) is 43.9 Å². The largest absolute Gasteiger partial charge is 0.478 e. The number of hydrogen-bond acceptors (Lipinski definition) is 3. The van der Waals surface area contributed by atoms with E-state index in [0.717, 1.165) is 12.1 Å². The van der Waals surface area contributed by atoms with Crippen molar-refractivity contribution in [1.82, 2.24) is 4.98 Å². The topological polar surface area (TPSA) is 70.4 Å². The molecule has 1 atom stereocenters. The summed E-state index contributed by atoms with van der Waals surface area (Å²) >= 11 is 0. The molecule has 0 saturated heterocycles. The van der Waals surface area contributed by atoms with E-state index in [9.17, 15) is 23.1 Å². The van der Waals surface area contributed by atoms with Crippen LogP contribution in [0.2, 0.25) is 25.7 Å². The van der Waals surface area contributed by atoms with Crippen molar-refractivity contribution < 1.29 is 28.2 Å². The lowest BCUT2D eigenvalue weighted by molar-refractivity contribution is -0.267. The van der Waals surface area contributed by atoms with Gasteiger partial charge in [-0.25, -0.2) is 4.79 Å². The number of pyridine rings is 1. The molecule has 4 nitrogen and oxygen atoms in total. The van der Waals surface area contributed by atoms with Gasteiger partial charge in [-0.3, -0.25) is 4.98 Å². The first-order valence-electron chi connectivity index (χ1n) is 7.77. The van der Waals surface area contributed by atoms with Crippen LogP contribution in [0.4, 0.5) is 13.2 Å². The van der Waals surface area contributed by atoms with E-state index in [1.165, 1.54) is 18.3 Å². The van der Waals surface area contributed by atoms with Crippen LogP contribution in [0.1, 0.15) is 22.3 Å². The number of carboxylic acids is 1. The highest BCUT2D eigenvalue weighted by Crippen LogP contribution is 2.44. The quantitative estimate of drug-likeness (QED) is 0.764. The Balaban J connectivity index is 2.56. The molecule has 0 radical (unpaired) electrons. The van der Waals surface area contributed by atoms with Gasteiger partial charge in [0.2, 0.25) is 0 Å². The number of aromatic carboxylic acids is 1. The van der Waals surface area contributed by atoms with Crippen molar-refractivity contribution in [3.63, 3.8) is 0 Å². The van der Waals surface area contributed by atoms with E-state index in [1.54, 1.807) is 0 Å². The molecular weight excluding hydrogens is 351 g/mol. The maximum Gasteiger partial charge on any atom is 0.421 e. The van der Waals surface area contributed by atoms with E-state index in [1.807, 2.05) is 19.6 Å². The van der Waals surface area contributed by atoms with Gasteiger partial charge in [0, 0.05) is 19.7 Å². The molecular formula is C17H20F3NO3Si. The minimum atomic E-state index is -4.84. The summed E-state index contributed by atoms with van der Waals surface area (Å²) in [5.74, 6) is -1.19. The van der Waals surface area contributed by atoms with Crippen LogP contribution in [-0.2, 0) is 5.60 Å². The molecule has 0 fully saturated rings. The molecule has 0 aliphatic heterocycles.